The molecule has 72 valence electrons. The van der Waals surface area contributed by atoms with Crippen LogP contribution in [0.4, 0.5) is 5.82 Å². The van der Waals surface area contributed by atoms with Crippen LogP contribution in [0, 0.1) is 0 Å². The smallest absolute Gasteiger partial charge is 0.271 e. The van der Waals surface area contributed by atoms with Crippen molar-refractivity contribution in [2.24, 2.45) is 0 Å². The highest BCUT2D eigenvalue weighted by molar-refractivity contribution is 5.92. The van der Waals surface area contributed by atoms with Gasteiger partial charge in [0.1, 0.15) is 11.5 Å². The molecule has 1 rings (SSSR count). The molecule has 0 fully saturated rings. The highest BCUT2D eigenvalue weighted by Crippen LogP contribution is 2.05. The van der Waals surface area contributed by atoms with Crippen LogP contribution in [0.1, 0.15) is 24.3 Å². The predicted octanol–water partition coefficient (Wildman–Crippen LogP) is 0.472. The molecule has 0 atom stereocenters. The summed E-state index contributed by atoms with van der Waals surface area (Å²) in [6.07, 6.45) is 0. The number of aromatic nitrogens is 2. The summed E-state index contributed by atoms with van der Waals surface area (Å²) in [5, 5.41) is 6.26. The number of aromatic amines is 1. The summed E-state index contributed by atoms with van der Waals surface area (Å²) >= 11 is 0. The summed E-state index contributed by atoms with van der Waals surface area (Å²) < 4.78 is 0. The molecule has 5 heteroatoms. The standard InChI is InChI=1S/C8H14N4O/c1-5(2)12(3)8(13)6-4-7(9)11-10-6/h4-5H,1-3H3,(H3,9,10,11). The molecule has 0 aliphatic carbocycles. The van der Waals surface area contributed by atoms with Gasteiger partial charge in [0, 0.05) is 19.2 Å². The Kier molecular flexibility index (Phi) is 2.55. The molecule has 0 spiro atoms. The molecule has 1 aromatic heterocycles. The maximum atomic E-state index is 11.6. The summed E-state index contributed by atoms with van der Waals surface area (Å²) in [7, 11) is 1.74. The number of carbonyl (C=O) groups excluding carboxylic acids is 1. The molecule has 1 heterocycles. The number of anilines is 1. The number of H-pyrrole nitrogens is 1. The lowest BCUT2D eigenvalue weighted by Crippen LogP contribution is -2.33. The number of nitrogens with zero attached hydrogens (tertiary/aromatic N) is 2. The molecule has 0 aliphatic heterocycles. The van der Waals surface area contributed by atoms with Crippen molar-refractivity contribution in [1.82, 2.24) is 15.1 Å². The summed E-state index contributed by atoms with van der Waals surface area (Å²) in [4.78, 5) is 13.2. The van der Waals surface area contributed by atoms with Crippen LogP contribution >= 0.6 is 0 Å². The molecular weight excluding hydrogens is 168 g/mol. The van der Waals surface area contributed by atoms with Gasteiger partial charge in [0.25, 0.3) is 5.91 Å². The van der Waals surface area contributed by atoms with E-state index < -0.39 is 0 Å². The van der Waals surface area contributed by atoms with Gasteiger partial charge in [-0.3, -0.25) is 9.89 Å². The van der Waals surface area contributed by atoms with Gasteiger partial charge in [-0.1, -0.05) is 0 Å². The van der Waals surface area contributed by atoms with Crippen molar-refractivity contribution >= 4 is 11.7 Å². The number of nitrogens with one attached hydrogen (secondary N) is 1. The Labute approximate surface area is 76.9 Å². The average Bonchev–Trinajstić information content (AvgIpc) is 2.49. The minimum absolute atomic E-state index is 0.0980. The maximum absolute atomic E-state index is 11.6. The SMILES string of the molecule is CC(C)N(C)C(=O)c1cc(N)n[nH]1. The van der Waals surface area contributed by atoms with E-state index >= 15 is 0 Å². The van der Waals surface area contributed by atoms with Crippen molar-refractivity contribution in [3.05, 3.63) is 11.8 Å². The van der Waals surface area contributed by atoms with E-state index in [9.17, 15) is 4.79 Å². The number of hydrogen-bond donors (Lipinski definition) is 2. The first-order valence-electron chi connectivity index (χ1n) is 4.10. The molecule has 0 radical (unpaired) electrons. The predicted molar refractivity (Wildman–Crippen MR) is 50.2 cm³/mol. The Morgan fingerprint density at radius 2 is 2.31 bits per heavy atom. The first-order chi connectivity index (χ1) is 6.02. The lowest BCUT2D eigenvalue weighted by atomic mass is 10.3. The largest absolute Gasteiger partial charge is 0.382 e. The third-order valence-electron chi connectivity index (χ3n) is 1.92. The fourth-order valence-electron chi connectivity index (χ4n) is 0.871. The first-order valence-corrected chi connectivity index (χ1v) is 4.10. The summed E-state index contributed by atoms with van der Waals surface area (Å²) in [5.74, 6) is 0.236. The van der Waals surface area contributed by atoms with E-state index in [0.717, 1.165) is 0 Å². The van der Waals surface area contributed by atoms with E-state index in [4.69, 9.17) is 5.73 Å². The van der Waals surface area contributed by atoms with Crippen LogP contribution in [0.25, 0.3) is 0 Å². The second kappa shape index (κ2) is 3.47. The van der Waals surface area contributed by atoms with Gasteiger partial charge in [0.2, 0.25) is 0 Å². The molecule has 0 unspecified atom stereocenters. The summed E-state index contributed by atoms with van der Waals surface area (Å²) in [5.41, 5.74) is 5.80. The zero-order chi connectivity index (χ0) is 10.0. The van der Waals surface area contributed by atoms with Crippen molar-refractivity contribution < 1.29 is 4.79 Å². The Balaban J connectivity index is 2.79. The van der Waals surface area contributed by atoms with Gasteiger partial charge in [-0.05, 0) is 13.8 Å². The highest BCUT2D eigenvalue weighted by atomic mass is 16.2. The van der Waals surface area contributed by atoms with E-state index in [2.05, 4.69) is 10.2 Å². The summed E-state index contributed by atoms with van der Waals surface area (Å²) in [6, 6.07) is 1.69. The van der Waals surface area contributed by atoms with Crippen LogP contribution in [-0.4, -0.2) is 34.1 Å². The molecule has 0 aliphatic rings. The normalized spacial score (nSPS) is 10.5. The number of carbonyl (C=O) groups is 1. The van der Waals surface area contributed by atoms with Gasteiger partial charge >= 0.3 is 0 Å². The van der Waals surface area contributed by atoms with Crippen LogP contribution < -0.4 is 5.73 Å². The Morgan fingerprint density at radius 3 is 2.69 bits per heavy atom. The number of nitrogens with two attached hydrogens (primary N) is 1. The van der Waals surface area contributed by atoms with E-state index in [0.29, 0.717) is 11.5 Å². The molecular formula is C8H14N4O. The number of nitrogen functional groups attached to an aromatic ring is 1. The van der Waals surface area contributed by atoms with E-state index in [1.165, 1.54) is 6.07 Å². The van der Waals surface area contributed by atoms with Gasteiger partial charge < -0.3 is 10.6 Å². The second-order valence-electron chi connectivity index (χ2n) is 3.22. The molecule has 3 N–H and O–H groups in total. The Morgan fingerprint density at radius 1 is 1.69 bits per heavy atom. The van der Waals surface area contributed by atoms with Crippen molar-refractivity contribution in [2.75, 3.05) is 12.8 Å². The highest BCUT2D eigenvalue weighted by Gasteiger charge is 2.15. The zero-order valence-electron chi connectivity index (χ0n) is 8.03. The maximum Gasteiger partial charge on any atom is 0.271 e. The Hall–Kier alpha value is -1.52. The Bertz CT molecular complexity index is 305. The van der Waals surface area contributed by atoms with Gasteiger partial charge in [0.15, 0.2) is 0 Å². The quantitative estimate of drug-likeness (QED) is 0.698. The van der Waals surface area contributed by atoms with E-state index in [1.54, 1.807) is 11.9 Å². The molecule has 0 bridgehead atoms. The minimum Gasteiger partial charge on any atom is -0.382 e. The van der Waals surface area contributed by atoms with Crippen molar-refractivity contribution in [2.45, 2.75) is 19.9 Å². The average molecular weight is 182 g/mol. The number of amides is 1. The first kappa shape index (κ1) is 9.57. The van der Waals surface area contributed by atoms with Crippen LogP contribution in [0.3, 0.4) is 0 Å². The molecule has 0 aromatic carbocycles. The molecule has 5 nitrogen and oxygen atoms in total. The molecule has 1 aromatic rings. The number of rotatable bonds is 2. The van der Waals surface area contributed by atoms with Crippen LogP contribution in [0.15, 0.2) is 6.07 Å². The van der Waals surface area contributed by atoms with E-state index in [-0.39, 0.29) is 11.9 Å². The molecule has 0 saturated carbocycles. The lowest BCUT2D eigenvalue weighted by Gasteiger charge is -2.20. The lowest BCUT2D eigenvalue weighted by molar-refractivity contribution is 0.0749. The molecule has 13 heavy (non-hydrogen) atoms. The van der Waals surface area contributed by atoms with Crippen molar-refractivity contribution in [3.63, 3.8) is 0 Å². The van der Waals surface area contributed by atoms with Gasteiger partial charge in [-0.25, -0.2) is 0 Å². The fraction of sp³-hybridized carbons (Fsp3) is 0.500. The van der Waals surface area contributed by atoms with Crippen LogP contribution in [0.2, 0.25) is 0 Å². The van der Waals surface area contributed by atoms with Crippen LogP contribution in [0.5, 0.6) is 0 Å². The van der Waals surface area contributed by atoms with Gasteiger partial charge in [0.05, 0.1) is 0 Å². The van der Waals surface area contributed by atoms with Gasteiger partial charge in [-0.15, -0.1) is 0 Å². The fourth-order valence-corrected chi connectivity index (χ4v) is 0.871. The topological polar surface area (TPSA) is 75.0 Å². The monoisotopic (exact) mass is 182 g/mol. The zero-order valence-corrected chi connectivity index (χ0v) is 8.03. The number of hydrogen-bond acceptors (Lipinski definition) is 3. The van der Waals surface area contributed by atoms with Crippen LogP contribution in [-0.2, 0) is 0 Å². The molecule has 0 saturated heterocycles. The van der Waals surface area contributed by atoms with Crippen molar-refractivity contribution in [1.29, 1.82) is 0 Å². The molecule has 1 amide bonds. The third-order valence-corrected chi connectivity index (χ3v) is 1.92. The van der Waals surface area contributed by atoms with Gasteiger partial charge in [-0.2, -0.15) is 5.10 Å². The van der Waals surface area contributed by atoms with Crippen molar-refractivity contribution in [3.8, 4) is 0 Å². The summed E-state index contributed by atoms with van der Waals surface area (Å²) in [6.45, 7) is 3.88. The second-order valence-corrected chi connectivity index (χ2v) is 3.22. The third kappa shape index (κ3) is 1.99. The van der Waals surface area contributed by atoms with E-state index in [1.807, 2.05) is 13.8 Å². The minimum atomic E-state index is -0.0980.